The molecular weight excluding hydrogens is 411 g/mol. The van der Waals surface area contributed by atoms with Gasteiger partial charge in [0.1, 0.15) is 11.4 Å². The summed E-state index contributed by atoms with van der Waals surface area (Å²) in [5, 5.41) is 4.80. The molecule has 0 atom stereocenters. The number of nitrogens with zero attached hydrogens (tertiary/aromatic N) is 4. The molecule has 0 amide bonds. The molecule has 7 nitrogen and oxygen atoms in total. The van der Waals surface area contributed by atoms with Crippen LogP contribution in [0, 0.1) is 6.20 Å². The Morgan fingerprint density at radius 1 is 1.00 bits per heavy atom. The van der Waals surface area contributed by atoms with Gasteiger partial charge in [-0.05, 0) is 30.3 Å². The number of halogens is 3. The fourth-order valence-electron chi connectivity index (χ4n) is 2.88. The highest BCUT2D eigenvalue weighted by molar-refractivity contribution is 5.80. The maximum atomic E-state index is 12.7. The zero-order chi connectivity index (χ0) is 21.4. The molecule has 0 aliphatic rings. The third-order valence-corrected chi connectivity index (χ3v) is 4.43. The van der Waals surface area contributed by atoms with Gasteiger partial charge in [0, 0.05) is 22.5 Å². The molecule has 0 bridgehead atoms. The van der Waals surface area contributed by atoms with E-state index in [1.807, 2.05) is 18.2 Å². The van der Waals surface area contributed by atoms with E-state index >= 15 is 0 Å². The Kier molecular flexibility index (Phi) is 4.39. The molecule has 0 spiro atoms. The van der Waals surface area contributed by atoms with E-state index in [0.717, 1.165) is 23.0 Å². The normalized spacial score (nSPS) is 11.7. The fourth-order valence-corrected chi connectivity index (χ4v) is 2.88. The van der Waals surface area contributed by atoms with Gasteiger partial charge in [-0.2, -0.15) is 18.2 Å². The smallest absolute Gasteiger partial charge is 0.416 e. The minimum absolute atomic E-state index is 0.0808. The molecule has 0 unspecified atom stereocenters. The molecular formula is C21H11F3N5O2. The second-order valence-corrected chi connectivity index (χ2v) is 6.50. The number of aromatic amines is 1. The van der Waals surface area contributed by atoms with Crippen LogP contribution >= 0.6 is 0 Å². The van der Waals surface area contributed by atoms with Crippen molar-refractivity contribution in [3.05, 3.63) is 72.7 Å². The van der Waals surface area contributed by atoms with Gasteiger partial charge in [-0.3, -0.25) is 0 Å². The second-order valence-electron chi connectivity index (χ2n) is 6.50. The van der Waals surface area contributed by atoms with Crippen LogP contribution in [-0.4, -0.2) is 25.1 Å². The summed E-state index contributed by atoms with van der Waals surface area (Å²) in [7, 11) is 0. The maximum absolute atomic E-state index is 12.7. The summed E-state index contributed by atoms with van der Waals surface area (Å²) in [5.74, 6) is 1.06. The van der Waals surface area contributed by atoms with Crippen LogP contribution in [0.5, 0.6) is 11.6 Å². The molecule has 0 aliphatic carbocycles. The van der Waals surface area contributed by atoms with Crippen molar-refractivity contribution in [2.45, 2.75) is 6.18 Å². The fraction of sp³-hybridized carbons (Fsp3) is 0.0476. The first-order chi connectivity index (χ1) is 15.0. The average Bonchev–Trinajstić information content (AvgIpc) is 3.43. The molecule has 0 saturated heterocycles. The molecule has 3 heterocycles. The molecule has 0 fully saturated rings. The number of nitrogens with one attached hydrogen (secondary N) is 1. The van der Waals surface area contributed by atoms with Crippen molar-refractivity contribution in [1.29, 1.82) is 0 Å². The van der Waals surface area contributed by atoms with Gasteiger partial charge in [0.15, 0.2) is 0 Å². The first kappa shape index (κ1) is 18.8. The summed E-state index contributed by atoms with van der Waals surface area (Å²) in [6, 6.07) is 11.8. The van der Waals surface area contributed by atoms with Crippen LogP contribution in [0.3, 0.4) is 0 Å². The highest BCUT2D eigenvalue weighted by Crippen LogP contribution is 2.31. The van der Waals surface area contributed by atoms with E-state index < -0.39 is 11.7 Å². The van der Waals surface area contributed by atoms with Crippen LogP contribution in [-0.2, 0) is 6.18 Å². The van der Waals surface area contributed by atoms with E-state index in [0.29, 0.717) is 17.0 Å². The number of fused-ring (bicyclic) bond motifs is 1. The summed E-state index contributed by atoms with van der Waals surface area (Å²) in [4.78, 5) is 15.5. The molecule has 1 N–H and O–H groups in total. The van der Waals surface area contributed by atoms with Gasteiger partial charge in [-0.1, -0.05) is 17.3 Å². The lowest BCUT2D eigenvalue weighted by atomic mass is 10.1. The number of rotatable bonds is 4. The number of hydrogen-bond donors (Lipinski definition) is 1. The SMILES string of the molecule is FC(F)(F)c1ccc(-c2noc(-c3cnc(Oc4ccc5c[c][nH]c5c4)cn3)n2)cc1. The van der Waals surface area contributed by atoms with Crippen molar-refractivity contribution < 1.29 is 22.4 Å². The van der Waals surface area contributed by atoms with Crippen molar-refractivity contribution in [2.24, 2.45) is 0 Å². The number of H-pyrrole nitrogens is 1. The maximum Gasteiger partial charge on any atom is 0.416 e. The van der Waals surface area contributed by atoms with Crippen LogP contribution in [0.15, 0.2) is 65.4 Å². The van der Waals surface area contributed by atoms with Gasteiger partial charge in [0.25, 0.3) is 5.89 Å². The Hall–Kier alpha value is -4.21. The third kappa shape index (κ3) is 3.82. The Bertz CT molecular complexity index is 1340. The first-order valence-electron chi connectivity index (χ1n) is 8.96. The minimum Gasteiger partial charge on any atom is -0.437 e. The van der Waals surface area contributed by atoms with Crippen molar-refractivity contribution in [1.82, 2.24) is 25.1 Å². The first-order valence-corrected chi connectivity index (χ1v) is 8.96. The van der Waals surface area contributed by atoms with E-state index in [4.69, 9.17) is 9.26 Å². The topological polar surface area (TPSA) is 89.7 Å². The summed E-state index contributed by atoms with van der Waals surface area (Å²) < 4.78 is 48.9. The third-order valence-electron chi connectivity index (χ3n) is 4.43. The lowest BCUT2D eigenvalue weighted by Gasteiger charge is -2.05. The molecule has 2 aromatic carbocycles. The molecule has 1 radical (unpaired) electrons. The van der Waals surface area contributed by atoms with E-state index in [1.165, 1.54) is 24.5 Å². The average molecular weight is 422 g/mol. The lowest BCUT2D eigenvalue weighted by molar-refractivity contribution is -0.137. The highest BCUT2D eigenvalue weighted by atomic mass is 19.4. The summed E-state index contributed by atoms with van der Waals surface area (Å²) in [6.07, 6.45) is 1.29. The summed E-state index contributed by atoms with van der Waals surface area (Å²) in [5.41, 5.74) is 0.805. The second kappa shape index (κ2) is 7.24. The molecule has 31 heavy (non-hydrogen) atoms. The van der Waals surface area contributed by atoms with Crippen LogP contribution < -0.4 is 4.74 Å². The van der Waals surface area contributed by atoms with Crippen molar-refractivity contribution >= 4 is 10.9 Å². The van der Waals surface area contributed by atoms with E-state index in [1.54, 1.807) is 6.07 Å². The summed E-state index contributed by atoms with van der Waals surface area (Å²) in [6.45, 7) is 0. The molecule has 0 aliphatic heterocycles. The Labute approximate surface area is 172 Å². The van der Waals surface area contributed by atoms with Crippen LogP contribution in [0.2, 0.25) is 0 Å². The number of ether oxygens (including phenoxy) is 1. The molecule has 3 aromatic heterocycles. The number of alkyl halides is 3. The van der Waals surface area contributed by atoms with Crippen LogP contribution in [0.1, 0.15) is 5.56 Å². The van der Waals surface area contributed by atoms with Gasteiger partial charge in [-0.25, -0.2) is 9.97 Å². The Morgan fingerprint density at radius 3 is 2.58 bits per heavy atom. The molecule has 10 heteroatoms. The molecule has 5 aromatic rings. The van der Waals surface area contributed by atoms with Gasteiger partial charge in [-0.15, -0.1) is 0 Å². The van der Waals surface area contributed by atoms with Crippen LogP contribution in [0.4, 0.5) is 13.2 Å². The number of aromatic nitrogens is 5. The summed E-state index contributed by atoms with van der Waals surface area (Å²) >= 11 is 0. The zero-order valence-electron chi connectivity index (χ0n) is 15.5. The molecule has 5 rings (SSSR count). The van der Waals surface area contributed by atoms with Gasteiger partial charge in [0.05, 0.1) is 24.2 Å². The Balaban J connectivity index is 1.32. The Morgan fingerprint density at radius 2 is 1.84 bits per heavy atom. The van der Waals surface area contributed by atoms with E-state index in [9.17, 15) is 13.2 Å². The van der Waals surface area contributed by atoms with E-state index in [-0.39, 0.29) is 17.6 Å². The predicted molar refractivity (Wildman–Crippen MR) is 103 cm³/mol. The predicted octanol–water partition coefficient (Wildman–Crippen LogP) is 5.29. The van der Waals surface area contributed by atoms with Gasteiger partial charge >= 0.3 is 6.18 Å². The van der Waals surface area contributed by atoms with Crippen molar-refractivity contribution in [2.75, 3.05) is 0 Å². The van der Waals surface area contributed by atoms with Crippen molar-refractivity contribution in [3.63, 3.8) is 0 Å². The van der Waals surface area contributed by atoms with Crippen molar-refractivity contribution in [3.8, 4) is 34.6 Å². The number of hydrogen-bond acceptors (Lipinski definition) is 6. The van der Waals surface area contributed by atoms with Crippen LogP contribution in [0.25, 0.3) is 33.9 Å². The quantitative estimate of drug-likeness (QED) is 0.424. The van der Waals surface area contributed by atoms with E-state index in [2.05, 4.69) is 31.3 Å². The lowest BCUT2D eigenvalue weighted by Crippen LogP contribution is -2.04. The highest BCUT2D eigenvalue weighted by Gasteiger charge is 2.30. The molecule has 0 saturated carbocycles. The number of benzene rings is 2. The zero-order valence-corrected chi connectivity index (χ0v) is 15.5. The standard InChI is InChI=1S/C21H11F3N5O2/c22-21(23,24)14-4-1-13(2-5-14)19-28-20(31-29-19)17-10-27-18(11-26-17)30-15-6-3-12-7-8-25-16(12)9-15/h1-7,9-11,25H. The van der Waals surface area contributed by atoms with Gasteiger partial charge < -0.3 is 14.2 Å². The van der Waals surface area contributed by atoms with Gasteiger partial charge in [0.2, 0.25) is 11.7 Å². The molecule has 153 valence electrons. The largest absolute Gasteiger partial charge is 0.437 e. The minimum atomic E-state index is -4.41. The monoisotopic (exact) mass is 422 g/mol.